The van der Waals surface area contributed by atoms with Gasteiger partial charge in [0.1, 0.15) is 0 Å². The summed E-state index contributed by atoms with van der Waals surface area (Å²) < 4.78 is 5.36. The minimum atomic E-state index is 0.645. The Morgan fingerprint density at radius 2 is 2.09 bits per heavy atom. The van der Waals surface area contributed by atoms with Crippen molar-refractivity contribution in [2.24, 2.45) is 5.92 Å². The van der Waals surface area contributed by atoms with E-state index >= 15 is 0 Å². The van der Waals surface area contributed by atoms with Crippen LogP contribution in [0.1, 0.15) is 13.8 Å². The maximum absolute atomic E-state index is 5.36. The standard InChI is InChI=1S/C8H18BrNO/c1-8(2)7-11-6-5-10-4-3-9/h8,10H,3-7H2,1-2H3. The van der Waals surface area contributed by atoms with Gasteiger partial charge >= 0.3 is 0 Å². The minimum absolute atomic E-state index is 0.645. The molecular weight excluding hydrogens is 206 g/mol. The fourth-order valence-electron chi connectivity index (χ4n) is 0.655. The number of hydrogen-bond acceptors (Lipinski definition) is 2. The molecule has 0 saturated carbocycles. The van der Waals surface area contributed by atoms with Gasteiger partial charge in [0.05, 0.1) is 6.61 Å². The molecule has 1 N–H and O–H groups in total. The number of alkyl halides is 1. The summed E-state index contributed by atoms with van der Waals surface area (Å²) in [5.41, 5.74) is 0. The van der Waals surface area contributed by atoms with Crippen LogP contribution in [0.25, 0.3) is 0 Å². The highest BCUT2D eigenvalue weighted by Gasteiger charge is 1.92. The highest BCUT2D eigenvalue weighted by atomic mass is 79.9. The third-order valence-corrected chi connectivity index (χ3v) is 1.54. The van der Waals surface area contributed by atoms with E-state index in [0.717, 1.165) is 31.6 Å². The van der Waals surface area contributed by atoms with Gasteiger partial charge < -0.3 is 10.1 Å². The van der Waals surface area contributed by atoms with E-state index in [0.29, 0.717) is 5.92 Å². The average Bonchev–Trinajstić information content (AvgIpc) is 1.96. The molecular formula is C8H18BrNO. The van der Waals surface area contributed by atoms with Crippen molar-refractivity contribution < 1.29 is 4.74 Å². The van der Waals surface area contributed by atoms with Gasteiger partial charge in [-0.25, -0.2) is 0 Å². The second-order valence-electron chi connectivity index (χ2n) is 2.91. The van der Waals surface area contributed by atoms with E-state index in [4.69, 9.17) is 4.74 Å². The van der Waals surface area contributed by atoms with Crippen LogP contribution in [0.3, 0.4) is 0 Å². The summed E-state index contributed by atoms with van der Waals surface area (Å²) >= 11 is 3.34. The predicted octanol–water partition coefficient (Wildman–Crippen LogP) is 1.64. The lowest BCUT2D eigenvalue weighted by molar-refractivity contribution is 0.112. The molecule has 68 valence electrons. The lowest BCUT2D eigenvalue weighted by Crippen LogP contribution is -2.22. The summed E-state index contributed by atoms with van der Waals surface area (Å²) in [6.45, 7) is 7.99. The van der Waals surface area contributed by atoms with Gasteiger partial charge in [-0.15, -0.1) is 0 Å². The van der Waals surface area contributed by atoms with E-state index in [9.17, 15) is 0 Å². The summed E-state index contributed by atoms with van der Waals surface area (Å²) in [4.78, 5) is 0. The number of hydrogen-bond donors (Lipinski definition) is 1. The van der Waals surface area contributed by atoms with E-state index in [1.165, 1.54) is 0 Å². The number of ether oxygens (including phenoxy) is 1. The minimum Gasteiger partial charge on any atom is -0.380 e. The van der Waals surface area contributed by atoms with Crippen molar-refractivity contribution >= 4 is 15.9 Å². The third kappa shape index (κ3) is 10.4. The van der Waals surface area contributed by atoms with Crippen LogP contribution in [0.2, 0.25) is 0 Å². The second kappa shape index (κ2) is 8.50. The Kier molecular flexibility index (Phi) is 8.81. The van der Waals surface area contributed by atoms with Gasteiger partial charge in [-0.2, -0.15) is 0 Å². The smallest absolute Gasteiger partial charge is 0.0591 e. The average molecular weight is 224 g/mol. The van der Waals surface area contributed by atoms with E-state index < -0.39 is 0 Å². The van der Waals surface area contributed by atoms with Crippen LogP contribution < -0.4 is 5.32 Å². The molecule has 0 heterocycles. The Labute approximate surface area is 77.8 Å². The molecule has 0 rings (SSSR count). The maximum atomic E-state index is 5.36. The van der Waals surface area contributed by atoms with Crippen molar-refractivity contribution in [1.82, 2.24) is 5.32 Å². The molecule has 0 aromatic carbocycles. The summed E-state index contributed by atoms with van der Waals surface area (Å²) in [6, 6.07) is 0. The Bertz CT molecular complexity index is 78.5. The van der Waals surface area contributed by atoms with E-state index in [2.05, 4.69) is 35.1 Å². The first-order valence-corrected chi connectivity index (χ1v) is 5.24. The predicted molar refractivity (Wildman–Crippen MR) is 52.3 cm³/mol. The van der Waals surface area contributed by atoms with Crippen LogP contribution in [-0.2, 0) is 4.74 Å². The molecule has 0 radical (unpaired) electrons. The molecule has 0 fully saturated rings. The maximum Gasteiger partial charge on any atom is 0.0591 e. The number of rotatable bonds is 7. The first-order chi connectivity index (χ1) is 5.27. The lowest BCUT2D eigenvalue weighted by atomic mass is 10.2. The van der Waals surface area contributed by atoms with Gasteiger partial charge in [0, 0.05) is 25.0 Å². The topological polar surface area (TPSA) is 21.3 Å². The van der Waals surface area contributed by atoms with Gasteiger partial charge in [-0.3, -0.25) is 0 Å². The second-order valence-corrected chi connectivity index (χ2v) is 3.70. The first kappa shape index (κ1) is 11.4. The van der Waals surface area contributed by atoms with Crippen molar-refractivity contribution in [3.63, 3.8) is 0 Å². The fraction of sp³-hybridized carbons (Fsp3) is 1.00. The van der Waals surface area contributed by atoms with E-state index in [1.54, 1.807) is 0 Å². The van der Waals surface area contributed by atoms with Crippen LogP contribution in [0.4, 0.5) is 0 Å². The molecule has 0 saturated heterocycles. The molecule has 0 aromatic rings. The molecule has 11 heavy (non-hydrogen) atoms. The van der Waals surface area contributed by atoms with Gasteiger partial charge in [0.25, 0.3) is 0 Å². The van der Waals surface area contributed by atoms with Crippen molar-refractivity contribution in [3.05, 3.63) is 0 Å². The summed E-state index contributed by atoms with van der Waals surface area (Å²) in [5.74, 6) is 0.645. The van der Waals surface area contributed by atoms with Crippen molar-refractivity contribution in [2.45, 2.75) is 13.8 Å². The summed E-state index contributed by atoms with van der Waals surface area (Å²) in [6.07, 6.45) is 0. The molecule has 0 unspecified atom stereocenters. The molecule has 2 nitrogen and oxygen atoms in total. The van der Waals surface area contributed by atoms with Gasteiger partial charge in [-0.05, 0) is 5.92 Å². The number of halogens is 1. The normalized spacial score (nSPS) is 10.9. The SMILES string of the molecule is CC(C)COCCNCCBr. The molecule has 0 aromatic heterocycles. The molecule has 0 aliphatic heterocycles. The van der Waals surface area contributed by atoms with Crippen molar-refractivity contribution in [3.8, 4) is 0 Å². The Morgan fingerprint density at radius 3 is 2.64 bits per heavy atom. The Hall–Kier alpha value is 0.400. The largest absolute Gasteiger partial charge is 0.380 e. The van der Waals surface area contributed by atoms with E-state index in [1.807, 2.05) is 0 Å². The lowest BCUT2D eigenvalue weighted by Gasteiger charge is -2.06. The molecule has 0 amide bonds. The van der Waals surface area contributed by atoms with Gasteiger partial charge in [-0.1, -0.05) is 29.8 Å². The highest BCUT2D eigenvalue weighted by molar-refractivity contribution is 9.09. The van der Waals surface area contributed by atoms with Crippen molar-refractivity contribution in [1.29, 1.82) is 0 Å². The van der Waals surface area contributed by atoms with Crippen LogP contribution >= 0.6 is 15.9 Å². The fourth-order valence-corrected chi connectivity index (χ4v) is 0.936. The van der Waals surface area contributed by atoms with Gasteiger partial charge in [0.15, 0.2) is 0 Å². The molecule has 0 bridgehead atoms. The van der Waals surface area contributed by atoms with Crippen LogP contribution in [-0.4, -0.2) is 31.6 Å². The molecule has 0 aliphatic carbocycles. The summed E-state index contributed by atoms with van der Waals surface area (Å²) in [7, 11) is 0. The van der Waals surface area contributed by atoms with Gasteiger partial charge in [0.2, 0.25) is 0 Å². The van der Waals surface area contributed by atoms with Crippen molar-refractivity contribution in [2.75, 3.05) is 31.6 Å². The quantitative estimate of drug-likeness (QED) is 0.524. The molecule has 0 spiro atoms. The molecule has 0 aliphatic rings. The first-order valence-electron chi connectivity index (χ1n) is 4.11. The zero-order valence-electron chi connectivity index (χ0n) is 7.40. The van der Waals surface area contributed by atoms with Crippen LogP contribution in [0.15, 0.2) is 0 Å². The monoisotopic (exact) mass is 223 g/mol. The highest BCUT2D eigenvalue weighted by Crippen LogP contribution is 1.90. The van der Waals surface area contributed by atoms with Crippen LogP contribution in [0.5, 0.6) is 0 Å². The zero-order chi connectivity index (χ0) is 8.53. The number of nitrogens with one attached hydrogen (secondary N) is 1. The Balaban J connectivity index is 2.80. The Morgan fingerprint density at radius 1 is 1.36 bits per heavy atom. The third-order valence-electron chi connectivity index (χ3n) is 1.15. The van der Waals surface area contributed by atoms with Crippen LogP contribution in [0, 0.1) is 5.92 Å². The summed E-state index contributed by atoms with van der Waals surface area (Å²) in [5, 5.41) is 4.25. The zero-order valence-corrected chi connectivity index (χ0v) is 8.99. The molecule has 0 atom stereocenters. The molecule has 3 heteroatoms. The van der Waals surface area contributed by atoms with E-state index in [-0.39, 0.29) is 0 Å².